The summed E-state index contributed by atoms with van der Waals surface area (Å²) in [4.78, 5) is 68.8. The zero-order valence-corrected chi connectivity index (χ0v) is 28.2. The number of nitrogens with zero attached hydrogens (tertiary/aromatic N) is 1. The number of hydrogen-bond donors (Lipinski definition) is 3. The molecule has 0 fully saturated rings. The first-order valence-electron chi connectivity index (χ1n) is 16.3. The Morgan fingerprint density at radius 1 is 0.979 bits per heavy atom. The molecule has 0 aliphatic carbocycles. The minimum Gasteiger partial charge on any atom is -0.458 e. The van der Waals surface area contributed by atoms with Crippen molar-refractivity contribution in [2.45, 2.75) is 66.6 Å². The van der Waals surface area contributed by atoms with Gasteiger partial charge in [-0.15, -0.1) is 0 Å². The highest BCUT2D eigenvalue weighted by molar-refractivity contribution is 6.35. The summed E-state index contributed by atoms with van der Waals surface area (Å²) in [6, 6.07) is 14.4. The van der Waals surface area contributed by atoms with Gasteiger partial charge in [-0.05, 0) is 68.8 Å². The van der Waals surface area contributed by atoms with Crippen LogP contribution in [-0.2, 0) is 41.7 Å². The highest BCUT2D eigenvalue weighted by atomic mass is 16.6. The van der Waals surface area contributed by atoms with E-state index in [1.54, 1.807) is 24.3 Å². The molecule has 0 bridgehead atoms. The summed E-state index contributed by atoms with van der Waals surface area (Å²) in [5, 5.41) is 5.85. The Hall–Kier alpha value is -5.03. The third-order valence-electron chi connectivity index (χ3n) is 8.34. The second-order valence-corrected chi connectivity index (χ2v) is 11.8. The maximum absolute atomic E-state index is 13.0. The monoisotopic (exact) mass is 656 g/mol. The van der Waals surface area contributed by atoms with Crippen molar-refractivity contribution in [3.8, 4) is 0 Å². The summed E-state index contributed by atoms with van der Waals surface area (Å²) < 4.78 is 10.4. The number of anilines is 1. The van der Waals surface area contributed by atoms with Crippen molar-refractivity contribution in [1.29, 1.82) is 0 Å². The number of amides is 2. The Morgan fingerprint density at radius 2 is 1.71 bits per heavy atom. The molecule has 1 aromatic heterocycles. The van der Waals surface area contributed by atoms with Gasteiger partial charge in [0.25, 0.3) is 11.8 Å². The van der Waals surface area contributed by atoms with Crippen molar-refractivity contribution in [3.63, 3.8) is 0 Å². The molecular weight excluding hydrogens is 612 g/mol. The number of aromatic amines is 1. The maximum Gasteiger partial charge on any atom is 0.347 e. The molecule has 0 saturated heterocycles. The first kappa shape index (κ1) is 35.8. The topological polar surface area (TPSA) is 147 Å². The normalized spacial score (nSPS) is 13.6. The third kappa shape index (κ3) is 9.28. The number of aromatic nitrogens is 1. The van der Waals surface area contributed by atoms with Gasteiger partial charge in [0.2, 0.25) is 0 Å². The van der Waals surface area contributed by atoms with E-state index in [1.165, 1.54) is 6.92 Å². The Labute approximate surface area is 281 Å². The van der Waals surface area contributed by atoms with Gasteiger partial charge in [0.15, 0.2) is 6.10 Å². The molecule has 3 aromatic rings. The minimum atomic E-state index is -1.10. The lowest BCUT2D eigenvalue weighted by Gasteiger charge is -2.18. The Morgan fingerprint density at radius 3 is 2.42 bits per heavy atom. The summed E-state index contributed by atoms with van der Waals surface area (Å²) in [5.74, 6) is -1.99. The van der Waals surface area contributed by atoms with Crippen molar-refractivity contribution in [2.24, 2.45) is 0 Å². The van der Waals surface area contributed by atoms with Crippen LogP contribution >= 0.6 is 0 Å². The number of nitrogens with one attached hydrogen (secondary N) is 3. The molecule has 11 nitrogen and oxygen atoms in total. The standard InChI is InChI=1S/C37H44N4O7/c1-6-41(7-2)18-17-38-36(45)34-23(3)32(39-24(34)4)21-30-29-20-27(13-15-31(29)40-35(30)44)19-28(42)14-16-33(43)48-25(5)37(46)47-22-26-11-9-8-10-12-26/h8-13,15,20-21,25,39H,6-7,14,16-19,22H2,1-5H3,(H,38,45)(H,40,44)/b30-21-/t25-/m0/s1. The summed E-state index contributed by atoms with van der Waals surface area (Å²) >= 11 is 0. The lowest BCUT2D eigenvalue weighted by Crippen LogP contribution is -2.35. The zero-order chi connectivity index (χ0) is 34.8. The number of aryl methyl sites for hydroxylation is 1. The van der Waals surface area contributed by atoms with Crippen LogP contribution < -0.4 is 10.6 Å². The van der Waals surface area contributed by atoms with E-state index < -0.39 is 18.0 Å². The Kier molecular flexibility index (Phi) is 12.5. The number of carbonyl (C=O) groups excluding carboxylic acids is 5. The molecule has 3 N–H and O–H groups in total. The second-order valence-electron chi connectivity index (χ2n) is 11.8. The van der Waals surface area contributed by atoms with Crippen LogP contribution in [0.15, 0.2) is 48.5 Å². The van der Waals surface area contributed by atoms with E-state index in [1.807, 2.05) is 44.2 Å². The van der Waals surface area contributed by atoms with Crippen LogP contribution in [0.2, 0.25) is 0 Å². The van der Waals surface area contributed by atoms with Crippen molar-refractivity contribution in [2.75, 3.05) is 31.5 Å². The van der Waals surface area contributed by atoms with E-state index in [4.69, 9.17) is 9.47 Å². The maximum atomic E-state index is 13.0. The number of Topliss-reactive ketones (excluding diaryl/α,β-unsaturated/α-hetero) is 1. The van der Waals surface area contributed by atoms with Gasteiger partial charge in [-0.2, -0.15) is 0 Å². The van der Waals surface area contributed by atoms with Crippen LogP contribution in [0.5, 0.6) is 0 Å². The van der Waals surface area contributed by atoms with Crippen LogP contribution in [0.1, 0.15) is 77.6 Å². The number of ketones is 1. The SMILES string of the molecule is CCN(CC)CCNC(=O)c1c(C)[nH]c(/C=C2\C(=O)Nc3ccc(CC(=O)CCC(=O)O[C@@H](C)C(=O)OCc4ccccc4)cc32)c1C. The summed E-state index contributed by atoms with van der Waals surface area (Å²) in [6.45, 7) is 12.5. The average molecular weight is 657 g/mol. The number of rotatable bonds is 16. The van der Waals surface area contributed by atoms with E-state index >= 15 is 0 Å². The highest BCUT2D eigenvalue weighted by Gasteiger charge is 2.27. The number of benzene rings is 2. The number of esters is 2. The Bertz CT molecular complexity index is 1690. The molecule has 254 valence electrons. The molecule has 2 aromatic carbocycles. The largest absolute Gasteiger partial charge is 0.458 e. The number of carbonyl (C=O) groups is 5. The molecule has 4 rings (SSSR count). The van der Waals surface area contributed by atoms with Gasteiger partial charge in [-0.1, -0.05) is 50.2 Å². The van der Waals surface area contributed by atoms with Crippen molar-refractivity contribution in [1.82, 2.24) is 15.2 Å². The minimum absolute atomic E-state index is 0.0507. The lowest BCUT2D eigenvalue weighted by molar-refractivity contribution is -0.167. The van der Waals surface area contributed by atoms with Gasteiger partial charge in [0, 0.05) is 48.6 Å². The van der Waals surface area contributed by atoms with E-state index in [2.05, 4.69) is 34.4 Å². The van der Waals surface area contributed by atoms with E-state index in [-0.39, 0.29) is 43.5 Å². The molecule has 2 heterocycles. The smallest absolute Gasteiger partial charge is 0.347 e. The molecule has 1 aliphatic heterocycles. The van der Waals surface area contributed by atoms with Crippen molar-refractivity contribution < 1.29 is 33.4 Å². The van der Waals surface area contributed by atoms with E-state index in [0.717, 1.165) is 30.8 Å². The average Bonchev–Trinajstić information content (AvgIpc) is 3.54. The second kappa shape index (κ2) is 16.7. The first-order chi connectivity index (χ1) is 23.0. The van der Waals surface area contributed by atoms with Gasteiger partial charge >= 0.3 is 11.9 Å². The van der Waals surface area contributed by atoms with E-state index in [0.29, 0.717) is 45.9 Å². The molecule has 0 unspecified atom stereocenters. The van der Waals surface area contributed by atoms with E-state index in [9.17, 15) is 24.0 Å². The van der Waals surface area contributed by atoms with Crippen molar-refractivity contribution >= 4 is 46.9 Å². The van der Waals surface area contributed by atoms with Crippen LogP contribution in [0.4, 0.5) is 5.69 Å². The molecule has 0 saturated carbocycles. The molecule has 0 radical (unpaired) electrons. The van der Waals surface area contributed by atoms with Crippen LogP contribution in [0.25, 0.3) is 11.6 Å². The summed E-state index contributed by atoms with van der Waals surface area (Å²) in [7, 11) is 0. The molecule has 48 heavy (non-hydrogen) atoms. The number of likely N-dealkylation sites (N-methyl/N-ethyl adjacent to an activating group) is 1. The van der Waals surface area contributed by atoms with Crippen molar-refractivity contribution in [3.05, 3.63) is 87.7 Å². The quantitative estimate of drug-likeness (QED) is 0.148. The fourth-order valence-corrected chi connectivity index (χ4v) is 5.56. The Balaban J connectivity index is 1.34. The van der Waals surface area contributed by atoms with Crippen LogP contribution in [-0.4, -0.2) is 71.7 Å². The number of fused-ring (bicyclic) bond motifs is 1. The van der Waals surface area contributed by atoms with Crippen LogP contribution in [0.3, 0.4) is 0 Å². The molecule has 1 atom stereocenters. The summed E-state index contributed by atoms with van der Waals surface area (Å²) in [5.41, 5.74) is 5.81. The number of ether oxygens (including phenoxy) is 2. The summed E-state index contributed by atoms with van der Waals surface area (Å²) in [6.07, 6.45) is 0.432. The zero-order valence-electron chi connectivity index (χ0n) is 28.2. The molecule has 1 aliphatic rings. The van der Waals surface area contributed by atoms with Gasteiger partial charge in [-0.25, -0.2) is 4.79 Å². The lowest BCUT2D eigenvalue weighted by atomic mass is 9.98. The third-order valence-corrected chi connectivity index (χ3v) is 8.34. The highest BCUT2D eigenvalue weighted by Crippen LogP contribution is 2.35. The predicted octanol–water partition coefficient (Wildman–Crippen LogP) is 4.76. The first-order valence-corrected chi connectivity index (χ1v) is 16.3. The number of hydrogen-bond acceptors (Lipinski definition) is 8. The fourth-order valence-electron chi connectivity index (χ4n) is 5.56. The molecule has 11 heteroatoms. The van der Waals surface area contributed by atoms with Gasteiger partial charge in [0.05, 0.1) is 17.6 Å². The van der Waals surface area contributed by atoms with Gasteiger partial charge < -0.3 is 30.0 Å². The van der Waals surface area contributed by atoms with Crippen LogP contribution in [0, 0.1) is 13.8 Å². The molecular formula is C37H44N4O7. The predicted molar refractivity (Wildman–Crippen MR) is 183 cm³/mol. The fraction of sp³-hybridized carbons (Fsp3) is 0.378. The molecule has 2 amide bonds. The molecule has 0 spiro atoms. The number of H-pyrrole nitrogens is 1. The van der Waals surface area contributed by atoms with Gasteiger partial charge in [-0.3, -0.25) is 19.2 Å². The van der Waals surface area contributed by atoms with Gasteiger partial charge in [0.1, 0.15) is 12.4 Å².